The lowest BCUT2D eigenvalue weighted by molar-refractivity contribution is 0.0697. The van der Waals surface area contributed by atoms with Crippen LogP contribution in [0.4, 0.5) is 23.0 Å². The first-order valence-corrected chi connectivity index (χ1v) is 8.34. The van der Waals surface area contributed by atoms with Crippen LogP contribution >= 0.6 is 23.2 Å². The number of hydrogen-bond acceptors (Lipinski definition) is 5. The van der Waals surface area contributed by atoms with Crippen LogP contribution in [0.15, 0.2) is 48.5 Å². The van der Waals surface area contributed by atoms with Crippen LogP contribution in [0.25, 0.3) is 0 Å². The molecule has 0 aliphatic carbocycles. The molecule has 0 radical (unpaired) electrons. The van der Waals surface area contributed by atoms with Crippen LogP contribution < -0.4 is 10.6 Å². The molecule has 26 heavy (non-hydrogen) atoms. The quantitative estimate of drug-likeness (QED) is 0.551. The maximum absolute atomic E-state index is 11.1. The molecule has 0 atom stereocenters. The molecule has 0 spiro atoms. The van der Waals surface area contributed by atoms with E-state index in [-0.39, 0.29) is 5.56 Å². The Morgan fingerprint density at radius 2 is 1.58 bits per heavy atom. The zero-order valence-electron chi connectivity index (χ0n) is 13.6. The summed E-state index contributed by atoms with van der Waals surface area (Å²) in [5.74, 6) is 0.650. The lowest BCUT2D eigenvalue weighted by atomic mass is 10.2. The molecule has 132 valence electrons. The fourth-order valence-corrected chi connectivity index (χ4v) is 2.59. The third kappa shape index (κ3) is 4.41. The minimum atomic E-state index is -0.991. The van der Waals surface area contributed by atoms with Gasteiger partial charge >= 0.3 is 5.97 Å². The van der Waals surface area contributed by atoms with Crippen LogP contribution in [0.2, 0.25) is 10.0 Å². The lowest BCUT2D eigenvalue weighted by Crippen LogP contribution is -2.02. The van der Waals surface area contributed by atoms with Crippen molar-refractivity contribution in [1.29, 1.82) is 0 Å². The molecule has 3 rings (SSSR count). The fourth-order valence-electron chi connectivity index (χ4n) is 2.30. The minimum absolute atomic E-state index is 0.190. The van der Waals surface area contributed by atoms with Crippen molar-refractivity contribution >= 4 is 52.2 Å². The van der Waals surface area contributed by atoms with Gasteiger partial charge in [0.25, 0.3) is 0 Å². The number of halogens is 2. The molecule has 2 aromatic carbocycles. The molecule has 0 unspecified atom stereocenters. The van der Waals surface area contributed by atoms with Gasteiger partial charge in [-0.15, -0.1) is 0 Å². The first-order valence-electron chi connectivity index (χ1n) is 7.59. The highest BCUT2D eigenvalue weighted by atomic mass is 35.5. The topological polar surface area (TPSA) is 87.1 Å². The fraction of sp³-hybridized carbons (Fsp3) is 0.0556. The molecule has 0 saturated carbocycles. The van der Waals surface area contributed by atoms with Crippen molar-refractivity contribution in [3.05, 3.63) is 70.0 Å². The van der Waals surface area contributed by atoms with Gasteiger partial charge in [0.1, 0.15) is 17.5 Å². The monoisotopic (exact) mass is 388 g/mol. The Morgan fingerprint density at radius 3 is 2.19 bits per heavy atom. The molecular weight excluding hydrogens is 375 g/mol. The largest absolute Gasteiger partial charge is 0.478 e. The van der Waals surface area contributed by atoms with Gasteiger partial charge in [0.05, 0.1) is 15.6 Å². The van der Waals surface area contributed by atoms with E-state index in [9.17, 15) is 4.79 Å². The molecule has 0 amide bonds. The van der Waals surface area contributed by atoms with Crippen molar-refractivity contribution in [2.24, 2.45) is 0 Å². The van der Waals surface area contributed by atoms with Gasteiger partial charge in [-0.2, -0.15) is 0 Å². The molecule has 0 bridgehead atoms. The summed E-state index contributed by atoms with van der Waals surface area (Å²) in [5.41, 5.74) is 1.54. The first kappa shape index (κ1) is 18.0. The summed E-state index contributed by atoms with van der Waals surface area (Å²) < 4.78 is 0. The van der Waals surface area contributed by atoms with Crippen LogP contribution in [-0.2, 0) is 0 Å². The van der Waals surface area contributed by atoms with Gasteiger partial charge < -0.3 is 15.7 Å². The summed E-state index contributed by atoms with van der Waals surface area (Å²) in [6.07, 6.45) is 0. The summed E-state index contributed by atoms with van der Waals surface area (Å²) in [4.78, 5) is 19.7. The van der Waals surface area contributed by atoms with Crippen LogP contribution in [0.1, 0.15) is 16.2 Å². The first-order chi connectivity index (χ1) is 12.4. The number of aromatic carboxylic acids is 1. The summed E-state index contributed by atoms with van der Waals surface area (Å²) in [6.45, 7) is 1.76. The number of anilines is 4. The molecule has 8 heteroatoms. The van der Waals surface area contributed by atoms with Gasteiger partial charge in [0, 0.05) is 17.4 Å². The van der Waals surface area contributed by atoms with Crippen molar-refractivity contribution in [1.82, 2.24) is 9.97 Å². The Balaban J connectivity index is 1.84. The van der Waals surface area contributed by atoms with E-state index in [4.69, 9.17) is 28.3 Å². The molecule has 0 aliphatic heterocycles. The molecule has 0 saturated heterocycles. The SMILES string of the molecule is Cc1nc(Nc2cccc(C(=O)O)c2)cc(Nc2ccc(Cl)c(Cl)c2)n1. The lowest BCUT2D eigenvalue weighted by Gasteiger charge is -2.11. The molecule has 3 aromatic rings. The second kappa shape index (κ2) is 7.59. The number of benzene rings is 2. The van der Waals surface area contributed by atoms with Crippen molar-refractivity contribution in [2.75, 3.05) is 10.6 Å². The minimum Gasteiger partial charge on any atom is -0.478 e. The van der Waals surface area contributed by atoms with E-state index in [1.807, 2.05) is 0 Å². The number of nitrogens with one attached hydrogen (secondary N) is 2. The van der Waals surface area contributed by atoms with Gasteiger partial charge in [0.15, 0.2) is 0 Å². The normalized spacial score (nSPS) is 10.4. The Labute approximate surface area is 159 Å². The Morgan fingerprint density at radius 1 is 0.923 bits per heavy atom. The molecule has 3 N–H and O–H groups in total. The van der Waals surface area contributed by atoms with Crippen LogP contribution in [0, 0.1) is 6.92 Å². The number of nitrogens with zero attached hydrogens (tertiary/aromatic N) is 2. The molecule has 0 aliphatic rings. The summed E-state index contributed by atoms with van der Waals surface area (Å²) >= 11 is 11.9. The van der Waals surface area contributed by atoms with E-state index in [0.29, 0.717) is 33.2 Å². The predicted molar refractivity (Wildman–Crippen MR) is 103 cm³/mol. The standard InChI is InChI=1S/C18H14Cl2N4O2/c1-10-21-16(23-12-4-2-3-11(7-12)18(25)26)9-17(22-10)24-13-5-6-14(19)15(20)8-13/h2-9H,1H3,(H,25,26)(H2,21,22,23,24). The second-order valence-electron chi connectivity index (χ2n) is 5.45. The summed E-state index contributed by atoms with van der Waals surface area (Å²) in [7, 11) is 0. The smallest absolute Gasteiger partial charge is 0.335 e. The molecule has 1 heterocycles. The van der Waals surface area contributed by atoms with E-state index in [2.05, 4.69) is 20.6 Å². The van der Waals surface area contributed by atoms with Crippen LogP contribution in [-0.4, -0.2) is 21.0 Å². The number of carbonyl (C=O) groups is 1. The molecule has 0 fully saturated rings. The van der Waals surface area contributed by atoms with Gasteiger partial charge in [-0.3, -0.25) is 0 Å². The van der Waals surface area contributed by atoms with Gasteiger partial charge in [0.2, 0.25) is 0 Å². The van der Waals surface area contributed by atoms with Crippen molar-refractivity contribution < 1.29 is 9.90 Å². The van der Waals surface area contributed by atoms with E-state index in [0.717, 1.165) is 5.69 Å². The Kier molecular flexibility index (Phi) is 5.25. The molecular formula is C18H14Cl2N4O2. The summed E-state index contributed by atoms with van der Waals surface area (Å²) in [6, 6.07) is 13.4. The van der Waals surface area contributed by atoms with E-state index in [1.54, 1.807) is 43.3 Å². The number of hydrogen-bond donors (Lipinski definition) is 3. The highest BCUT2D eigenvalue weighted by Crippen LogP contribution is 2.27. The van der Waals surface area contributed by atoms with E-state index in [1.165, 1.54) is 12.1 Å². The van der Waals surface area contributed by atoms with Gasteiger partial charge in [-0.1, -0.05) is 29.3 Å². The summed E-state index contributed by atoms with van der Waals surface area (Å²) in [5, 5.41) is 16.2. The van der Waals surface area contributed by atoms with Crippen molar-refractivity contribution in [3.8, 4) is 0 Å². The van der Waals surface area contributed by atoms with Crippen molar-refractivity contribution in [3.63, 3.8) is 0 Å². The number of carboxylic acids is 1. The highest BCUT2D eigenvalue weighted by Gasteiger charge is 2.07. The number of rotatable bonds is 5. The van der Waals surface area contributed by atoms with Gasteiger partial charge in [-0.25, -0.2) is 14.8 Å². The number of aromatic nitrogens is 2. The average molecular weight is 389 g/mol. The van der Waals surface area contributed by atoms with Crippen molar-refractivity contribution in [2.45, 2.75) is 6.92 Å². The predicted octanol–water partition coefficient (Wildman–Crippen LogP) is 5.28. The maximum atomic E-state index is 11.1. The third-order valence-electron chi connectivity index (χ3n) is 3.41. The molecule has 6 nitrogen and oxygen atoms in total. The average Bonchev–Trinajstić information content (AvgIpc) is 2.58. The van der Waals surface area contributed by atoms with E-state index < -0.39 is 5.97 Å². The van der Waals surface area contributed by atoms with Gasteiger partial charge in [-0.05, 0) is 43.3 Å². The maximum Gasteiger partial charge on any atom is 0.335 e. The Hall–Kier alpha value is -2.83. The number of carboxylic acid groups (broad SMARTS) is 1. The van der Waals surface area contributed by atoms with Crippen LogP contribution in [0.5, 0.6) is 0 Å². The third-order valence-corrected chi connectivity index (χ3v) is 4.15. The number of aryl methyl sites for hydroxylation is 1. The van der Waals surface area contributed by atoms with E-state index >= 15 is 0 Å². The zero-order valence-corrected chi connectivity index (χ0v) is 15.1. The molecule has 1 aromatic heterocycles. The second-order valence-corrected chi connectivity index (χ2v) is 6.26. The Bertz CT molecular complexity index is 979. The highest BCUT2D eigenvalue weighted by molar-refractivity contribution is 6.42. The van der Waals surface area contributed by atoms with Crippen LogP contribution in [0.3, 0.4) is 0 Å². The zero-order chi connectivity index (χ0) is 18.7.